The number of nitrogens with one attached hydrogen (secondary N) is 1. The van der Waals surface area contributed by atoms with Gasteiger partial charge >= 0.3 is 0 Å². The maximum atomic E-state index is 13.5. The van der Waals surface area contributed by atoms with E-state index < -0.39 is 27.5 Å². The van der Waals surface area contributed by atoms with E-state index in [1.807, 2.05) is 65.8 Å². The third-order valence-corrected chi connectivity index (χ3v) is 7.39. The van der Waals surface area contributed by atoms with Crippen molar-refractivity contribution in [3.63, 3.8) is 0 Å². The first-order valence-corrected chi connectivity index (χ1v) is 12.9. The minimum atomic E-state index is -3.86. The number of hydrogen-bond donors (Lipinski definition) is 1. The molecule has 2 aromatic rings. The van der Waals surface area contributed by atoms with Gasteiger partial charge in [0.1, 0.15) is 6.04 Å². The number of benzene rings is 2. The first kappa shape index (κ1) is 27.5. The van der Waals surface area contributed by atoms with E-state index in [1.54, 1.807) is 12.1 Å². The van der Waals surface area contributed by atoms with E-state index >= 15 is 0 Å². The summed E-state index contributed by atoms with van der Waals surface area (Å²) in [7, 11) is -2.48. The van der Waals surface area contributed by atoms with Crippen LogP contribution in [0.4, 0.5) is 0 Å². The Bertz CT molecular complexity index is 1110. The van der Waals surface area contributed by atoms with Gasteiger partial charge in [-0.1, -0.05) is 48.9 Å². The number of nitrogens with zero attached hydrogens (tertiary/aromatic N) is 2. The number of carbonyl (C=O) groups is 2. The van der Waals surface area contributed by atoms with Crippen molar-refractivity contribution < 1.29 is 18.0 Å². The Balaban J connectivity index is 2.36. The maximum absolute atomic E-state index is 13.5. The number of amides is 2. The maximum Gasteiger partial charge on any atom is 0.243 e. The van der Waals surface area contributed by atoms with Gasteiger partial charge in [0.15, 0.2) is 0 Å². The van der Waals surface area contributed by atoms with Crippen LogP contribution in [0.2, 0.25) is 0 Å². The van der Waals surface area contributed by atoms with Gasteiger partial charge in [0.2, 0.25) is 21.8 Å². The molecule has 0 spiro atoms. The molecule has 2 rings (SSSR count). The van der Waals surface area contributed by atoms with Crippen LogP contribution in [0.3, 0.4) is 0 Å². The Labute approximate surface area is 204 Å². The van der Waals surface area contributed by atoms with Crippen molar-refractivity contribution >= 4 is 21.8 Å². The second-order valence-corrected chi connectivity index (χ2v) is 11.7. The summed E-state index contributed by atoms with van der Waals surface area (Å²) in [5.74, 6) is -0.696. The summed E-state index contributed by atoms with van der Waals surface area (Å²) in [6, 6.07) is 13.4. The van der Waals surface area contributed by atoms with Gasteiger partial charge in [0.05, 0.1) is 11.4 Å². The average molecular weight is 488 g/mol. The predicted molar refractivity (Wildman–Crippen MR) is 135 cm³/mol. The van der Waals surface area contributed by atoms with Gasteiger partial charge in [0.25, 0.3) is 0 Å². The van der Waals surface area contributed by atoms with E-state index in [0.717, 1.165) is 21.0 Å². The van der Waals surface area contributed by atoms with Crippen LogP contribution >= 0.6 is 0 Å². The standard InChI is InChI=1S/C26H37N3O4S/c1-8-23(25(31)27-26(4,5)6)29(17-21-12-10-9-11-20(21)3)24(30)18-28(7)34(32,33)22-15-13-19(2)14-16-22/h9-16,23H,8,17-18H2,1-7H3,(H,27,31)/t23-/m1/s1. The van der Waals surface area contributed by atoms with Crippen LogP contribution in [0.5, 0.6) is 0 Å². The van der Waals surface area contributed by atoms with Crippen LogP contribution in [0.15, 0.2) is 53.4 Å². The predicted octanol–water partition coefficient (Wildman–Crippen LogP) is 3.65. The summed E-state index contributed by atoms with van der Waals surface area (Å²) < 4.78 is 27.1. The van der Waals surface area contributed by atoms with Crippen LogP contribution in [0, 0.1) is 13.8 Å². The van der Waals surface area contributed by atoms with Crippen molar-refractivity contribution in [3.8, 4) is 0 Å². The molecule has 2 amide bonds. The second kappa shape index (κ2) is 11.1. The molecule has 0 aliphatic rings. The Hall–Kier alpha value is -2.71. The van der Waals surface area contributed by atoms with Crippen molar-refractivity contribution in [1.29, 1.82) is 0 Å². The number of carbonyl (C=O) groups excluding carboxylic acids is 2. The quantitative estimate of drug-likeness (QED) is 0.585. The topological polar surface area (TPSA) is 86.8 Å². The van der Waals surface area contributed by atoms with Crippen LogP contribution < -0.4 is 5.32 Å². The molecule has 7 nitrogen and oxygen atoms in total. The molecule has 1 atom stereocenters. The van der Waals surface area contributed by atoms with E-state index in [9.17, 15) is 18.0 Å². The van der Waals surface area contributed by atoms with Gasteiger partial charge in [-0.05, 0) is 64.3 Å². The van der Waals surface area contributed by atoms with Crippen LogP contribution in [0.1, 0.15) is 50.8 Å². The molecular weight excluding hydrogens is 450 g/mol. The number of rotatable bonds is 9. The van der Waals surface area contributed by atoms with Crippen LogP contribution in [-0.4, -0.2) is 54.6 Å². The summed E-state index contributed by atoms with van der Waals surface area (Å²) in [6.45, 7) is 11.1. The Kier molecular flexibility index (Phi) is 9.02. The molecule has 0 aliphatic carbocycles. The summed E-state index contributed by atoms with van der Waals surface area (Å²) in [4.78, 5) is 28.2. The van der Waals surface area contributed by atoms with E-state index in [2.05, 4.69) is 5.32 Å². The third-order valence-electron chi connectivity index (χ3n) is 5.57. The molecule has 0 fully saturated rings. The average Bonchev–Trinajstić information content (AvgIpc) is 2.73. The molecule has 2 aromatic carbocycles. The molecule has 0 unspecified atom stereocenters. The highest BCUT2D eigenvalue weighted by molar-refractivity contribution is 7.89. The lowest BCUT2D eigenvalue weighted by Crippen LogP contribution is -2.55. The molecule has 0 saturated carbocycles. The minimum absolute atomic E-state index is 0.122. The lowest BCUT2D eigenvalue weighted by Gasteiger charge is -2.34. The van der Waals surface area contributed by atoms with E-state index in [-0.39, 0.29) is 23.9 Å². The van der Waals surface area contributed by atoms with Crippen molar-refractivity contribution in [2.75, 3.05) is 13.6 Å². The number of sulfonamides is 1. The zero-order valence-corrected chi connectivity index (χ0v) is 22.1. The largest absolute Gasteiger partial charge is 0.350 e. The fourth-order valence-corrected chi connectivity index (χ4v) is 4.72. The number of aryl methyl sites for hydroxylation is 2. The van der Waals surface area contributed by atoms with Crippen molar-refractivity contribution in [3.05, 3.63) is 65.2 Å². The first-order chi connectivity index (χ1) is 15.8. The van der Waals surface area contributed by atoms with E-state index in [1.165, 1.54) is 24.1 Å². The van der Waals surface area contributed by atoms with Gasteiger partial charge in [0, 0.05) is 19.1 Å². The molecule has 0 aliphatic heterocycles. The third kappa shape index (κ3) is 7.14. The summed E-state index contributed by atoms with van der Waals surface area (Å²) >= 11 is 0. The summed E-state index contributed by atoms with van der Waals surface area (Å²) in [5, 5.41) is 2.96. The highest BCUT2D eigenvalue weighted by atomic mass is 32.2. The molecule has 8 heteroatoms. The lowest BCUT2D eigenvalue weighted by molar-refractivity contribution is -0.142. The Morgan fingerprint density at radius 2 is 1.59 bits per heavy atom. The number of hydrogen-bond acceptors (Lipinski definition) is 4. The number of likely N-dealkylation sites (N-methyl/N-ethyl adjacent to an activating group) is 1. The molecular formula is C26H37N3O4S. The lowest BCUT2D eigenvalue weighted by atomic mass is 10.0. The molecule has 0 radical (unpaired) electrons. The van der Waals surface area contributed by atoms with Gasteiger partial charge < -0.3 is 10.2 Å². The fraction of sp³-hybridized carbons (Fsp3) is 0.462. The highest BCUT2D eigenvalue weighted by Crippen LogP contribution is 2.19. The van der Waals surface area contributed by atoms with Crippen molar-refractivity contribution in [1.82, 2.24) is 14.5 Å². The molecule has 1 N–H and O–H groups in total. The van der Waals surface area contributed by atoms with Gasteiger partial charge in [-0.25, -0.2) is 8.42 Å². The zero-order valence-electron chi connectivity index (χ0n) is 21.3. The van der Waals surface area contributed by atoms with Crippen LogP contribution in [0.25, 0.3) is 0 Å². The molecule has 0 heterocycles. The molecule has 0 aromatic heterocycles. The van der Waals surface area contributed by atoms with Crippen molar-refractivity contribution in [2.24, 2.45) is 0 Å². The second-order valence-electron chi connectivity index (χ2n) is 9.69. The van der Waals surface area contributed by atoms with Gasteiger partial charge in [-0.15, -0.1) is 0 Å². The van der Waals surface area contributed by atoms with Gasteiger partial charge in [-0.2, -0.15) is 4.31 Å². The highest BCUT2D eigenvalue weighted by Gasteiger charge is 2.33. The molecule has 0 bridgehead atoms. The van der Waals surface area contributed by atoms with Crippen molar-refractivity contribution in [2.45, 2.75) is 71.0 Å². The molecule has 34 heavy (non-hydrogen) atoms. The first-order valence-electron chi connectivity index (χ1n) is 11.4. The molecule has 0 saturated heterocycles. The smallest absolute Gasteiger partial charge is 0.243 e. The minimum Gasteiger partial charge on any atom is -0.350 e. The Morgan fingerprint density at radius 3 is 2.12 bits per heavy atom. The van der Waals surface area contributed by atoms with E-state index in [0.29, 0.717) is 6.42 Å². The SMILES string of the molecule is CC[C@H](C(=O)NC(C)(C)C)N(Cc1ccccc1C)C(=O)CN(C)S(=O)(=O)c1ccc(C)cc1. The van der Waals surface area contributed by atoms with E-state index in [4.69, 9.17) is 0 Å². The summed E-state index contributed by atoms with van der Waals surface area (Å²) in [5.41, 5.74) is 2.37. The monoisotopic (exact) mass is 487 g/mol. The zero-order chi connectivity index (χ0) is 25.7. The molecule has 186 valence electrons. The fourth-order valence-electron chi connectivity index (χ4n) is 3.60. The Morgan fingerprint density at radius 1 is 1.00 bits per heavy atom. The van der Waals surface area contributed by atoms with Crippen LogP contribution in [-0.2, 0) is 26.2 Å². The normalized spacial score (nSPS) is 12.9. The van der Waals surface area contributed by atoms with Gasteiger partial charge in [-0.3, -0.25) is 9.59 Å². The summed E-state index contributed by atoms with van der Waals surface area (Å²) in [6.07, 6.45) is 0.397.